The molecular formula is C15H13Br2ClO2. The van der Waals surface area contributed by atoms with Crippen LogP contribution in [0.15, 0.2) is 40.9 Å². The molecule has 0 fully saturated rings. The molecular weight excluding hydrogens is 407 g/mol. The van der Waals surface area contributed by atoms with Crippen molar-refractivity contribution in [2.24, 2.45) is 0 Å². The smallest absolute Gasteiger partial charge is 0.137 e. The first-order valence-electron chi connectivity index (χ1n) is 5.87. The summed E-state index contributed by atoms with van der Waals surface area (Å²) in [6, 6.07) is 11.7. The highest BCUT2D eigenvalue weighted by Gasteiger charge is 2.16. The lowest BCUT2D eigenvalue weighted by atomic mass is 10.0. The van der Waals surface area contributed by atoms with Crippen LogP contribution in [0, 0.1) is 0 Å². The number of alkyl halides is 1. The third-order valence-electron chi connectivity index (χ3n) is 2.94. The molecule has 0 heterocycles. The molecule has 0 bridgehead atoms. The Balaban J connectivity index is 2.40. The molecule has 106 valence electrons. The van der Waals surface area contributed by atoms with Gasteiger partial charge in [-0.1, -0.05) is 55.6 Å². The van der Waals surface area contributed by atoms with Crippen LogP contribution in [0.4, 0.5) is 0 Å². The topological polar surface area (TPSA) is 18.5 Å². The first-order chi connectivity index (χ1) is 9.56. The van der Waals surface area contributed by atoms with Gasteiger partial charge in [-0.05, 0) is 29.8 Å². The van der Waals surface area contributed by atoms with Crippen LogP contribution in [0.3, 0.4) is 0 Å². The maximum Gasteiger partial charge on any atom is 0.137 e. The second-order valence-electron chi connectivity index (χ2n) is 4.14. The van der Waals surface area contributed by atoms with Crippen molar-refractivity contribution in [1.29, 1.82) is 0 Å². The van der Waals surface area contributed by atoms with E-state index in [4.69, 9.17) is 21.1 Å². The highest BCUT2D eigenvalue weighted by molar-refractivity contribution is 9.10. The Labute approximate surface area is 140 Å². The van der Waals surface area contributed by atoms with Crippen LogP contribution in [-0.4, -0.2) is 14.2 Å². The highest BCUT2D eigenvalue weighted by Crippen LogP contribution is 2.39. The molecule has 0 amide bonds. The molecule has 0 saturated carbocycles. The van der Waals surface area contributed by atoms with Crippen LogP contribution in [0.5, 0.6) is 11.5 Å². The minimum Gasteiger partial charge on any atom is -0.496 e. The molecule has 0 N–H and O–H groups in total. The summed E-state index contributed by atoms with van der Waals surface area (Å²) in [5, 5.41) is 0.588. The number of hydrogen-bond donors (Lipinski definition) is 0. The molecule has 0 aliphatic heterocycles. The summed E-state index contributed by atoms with van der Waals surface area (Å²) in [6.45, 7) is 0. The van der Waals surface area contributed by atoms with E-state index in [0.29, 0.717) is 10.8 Å². The monoisotopic (exact) mass is 418 g/mol. The Kier molecular flexibility index (Phi) is 5.35. The number of benzene rings is 2. The van der Waals surface area contributed by atoms with Gasteiger partial charge in [0, 0.05) is 10.0 Å². The molecule has 0 spiro atoms. The molecule has 2 rings (SSSR count). The van der Waals surface area contributed by atoms with Gasteiger partial charge in [-0.15, -0.1) is 0 Å². The van der Waals surface area contributed by atoms with Crippen LogP contribution in [0.25, 0.3) is 0 Å². The summed E-state index contributed by atoms with van der Waals surface area (Å²) < 4.78 is 11.6. The highest BCUT2D eigenvalue weighted by atomic mass is 79.9. The van der Waals surface area contributed by atoms with Crippen molar-refractivity contribution < 1.29 is 9.47 Å². The van der Waals surface area contributed by atoms with Crippen molar-refractivity contribution in [2.75, 3.05) is 14.2 Å². The van der Waals surface area contributed by atoms with Gasteiger partial charge in [-0.2, -0.15) is 0 Å². The Morgan fingerprint density at radius 1 is 1.00 bits per heavy atom. The van der Waals surface area contributed by atoms with E-state index < -0.39 is 0 Å². The first-order valence-corrected chi connectivity index (χ1v) is 7.96. The average Bonchev–Trinajstić information content (AvgIpc) is 2.46. The number of halogens is 3. The predicted molar refractivity (Wildman–Crippen MR) is 89.5 cm³/mol. The van der Waals surface area contributed by atoms with E-state index >= 15 is 0 Å². The Morgan fingerprint density at radius 2 is 1.70 bits per heavy atom. The normalized spacial score (nSPS) is 12.1. The molecule has 0 aromatic heterocycles. The standard InChI is InChI=1S/C15H13Br2ClO2/c1-19-13-6-3-9(7-12(13)18)15(17)11-5-4-10(16)8-14(11)20-2/h3-8,15H,1-2H3. The van der Waals surface area contributed by atoms with Gasteiger partial charge in [0.25, 0.3) is 0 Å². The van der Waals surface area contributed by atoms with Gasteiger partial charge >= 0.3 is 0 Å². The molecule has 1 unspecified atom stereocenters. The molecule has 5 heteroatoms. The van der Waals surface area contributed by atoms with Crippen LogP contribution in [0.1, 0.15) is 16.0 Å². The summed E-state index contributed by atoms with van der Waals surface area (Å²) in [5.74, 6) is 1.48. The molecule has 0 radical (unpaired) electrons. The van der Waals surface area contributed by atoms with Crippen molar-refractivity contribution in [3.8, 4) is 11.5 Å². The number of rotatable bonds is 4. The largest absolute Gasteiger partial charge is 0.496 e. The van der Waals surface area contributed by atoms with Gasteiger partial charge < -0.3 is 9.47 Å². The lowest BCUT2D eigenvalue weighted by Crippen LogP contribution is -1.97. The van der Waals surface area contributed by atoms with Crippen LogP contribution >= 0.6 is 43.5 Å². The van der Waals surface area contributed by atoms with Crippen molar-refractivity contribution >= 4 is 43.5 Å². The van der Waals surface area contributed by atoms with Crippen molar-refractivity contribution in [3.63, 3.8) is 0 Å². The van der Waals surface area contributed by atoms with E-state index in [1.165, 1.54) is 0 Å². The molecule has 2 nitrogen and oxygen atoms in total. The fraction of sp³-hybridized carbons (Fsp3) is 0.200. The lowest BCUT2D eigenvalue weighted by molar-refractivity contribution is 0.410. The van der Waals surface area contributed by atoms with E-state index in [1.807, 2.05) is 36.4 Å². The quantitative estimate of drug-likeness (QED) is 0.599. The zero-order valence-electron chi connectivity index (χ0n) is 11.0. The molecule has 1 atom stereocenters. The Bertz CT molecular complexity index is 617. The SMILES string of the molecule is COc1ccc(C(Br)c2ccc(Br)cc2OC)cc1Cl. The maximum absolute atomic E-state index is 6.18. The van der Waals surface area contributed by atoms with Gasteiger partial charge in [0.1, 0.15) is 11.5 Å². The van der Waals surface area contributed by atoms with Gasteiger partial charge in [-0.3, -0.25) is 0 Å². The average molecular weight is 421 g/mol. The van der Waals surface area contributed by atoms with Gasteiger partial charge in [-0.25, -0.2) is 0 Å². The Morgan fingerprint density at radius 3 is 2.30 bits per heavy atom. The summed E-state index contributed by atoms with van der Waals surface area (Å²) in [7, 11) is 3.26. The molecule has 0 aliphatic rings. The second-order valence-corrected chi connectivity index (χ2v) is 6.38. The first kappa shape index (κ1) is 15.7. The van der Waals surface area contributed by atoms with Crippen molar-refractivity contribution in [2.45, 2.75) is 4.83 Å². The van der Waals surface area contributed by atoms with Gasteiger partial charge in [0.05, 0.1) is 24.1 Å². The summed E-state index contributed by atoms with van der Waals surface area (Å²) in [4.78, 5) is -0.00560. The van der Waals surface area contributed by atoms with E-state index in [1.54, 1.807) is 14.2 Å². The molecule has 0 aliphatic carbocycles. The third kappa shape index (κ3) is 3.30. The molecule has 20 heavy (non-hydrogen) atoms. The minimum absolute atomic E-state index is 0.00560. The summed E-state index contributed by atoms with van der Waals surface area (Å²) in [6.07, 6.45) is 0. The number of hydrogen-bond acceptors (Lipinski definition) is 2. The molecule has 2 aromatic rings. The van der Waals surface area contributed by atoms with Gasteiger partial charge in [0.2, 0.25) is 0 Å². The molecule has 2 aromatic carbocycles. The van der Waals surface area contributed by atoms with E-state index in [0.717, 1.165) is 21.3 Å². The second kappa shape index (κ2) is 6.83. The van der Waals surface area contributed by atoms with Crippen LogP contribution in [0.2, 0.25) is 5.02 Å². The molecule has 0 saturated heterocycles. The van der Waals surface area contributed by atoms with Crippen LogP contribution in [-0.2, 0) is 0 Å². The third-order valence-corrected chi connectivity index (χ3v) is 4.75. The van der Waals surface area contributed by atoms with Crippen molar-refractivity contribution in [3.05, 3.63) is 57.0 Å². The zero-order chi connectivity index (χ0) is 14.7. The fourth-order valence-corrected chi connectivity index (χ4v) is 3.18. The number of ether oxygens (including phenoxy) is 2. The lowest BCUT2D eigenvalue weighted by Gasteiger charge is -2.16. The van der Waals surface area contributed by atoms with Crippen molar-refractivity contribution in [1.82, 2.24) is 0 Å². The maximum atomic E-state index is 6.18. The van der Waals surface area contributed by atoms with Gasteiger partial charge in [0.15, 0.2) is 0 Å². The minimum atomic E-state index is -0.00560. The number of methoxy groups -OCH3 is 2. The summed E-state index contributed by atoms with van der Waals surface area (Å²) >= 11 is 13.3. The van der Waals surface area contributed by atoms with Crippen LogP contribution < -0.4 is 9.47 Å². The van der Waals surface area contributed by atoms with E-state index in [-0.39, 0.29) is 4.83 Å². The predicted octanol–water partition coefficient (Wildman–Crippen LogP) is 5.60. The summed E-state index contributed by atoms with van der Waals surface area (Å²) in [5.41, 5.74) is 2.08. The zero-order valence-corrected chi connectivity index (χ0v) is 14.9. The van der Waals surface area contributed by atoms with E-state index in [9.17, 15) is 0 Å². The van der Waals surface area contributed by atoms with E-state index in [2.05, 4.69) is 31.9 Å². The fourth-order valence-electron chi connectivity index (χ4n) is 1.91. The Hall–Kier alpha value is -0.710.